The number of nitrogens with zero attached hydrogens (tertiary/aromatic N) is 1. The Hall–Kier alpha value is -0.380. The average molecular weight is 197 g/mol. The Morgan fingerprint density at radius 1 is 1.64 bits per heavy atom. The molecule has 0 aromatic carbocycles. The van der Waals surface area contributed by atoms with E-state index < -0.39 is 5.82 Å². The van der Waals surface area contributed by atoms with Gasteiger partial charge in [-0.25, -0.2) is 4.39 Å². The summed E-state index contributed by atoms with van der Waals surface area (Å²) in [5.41, 5.74) is 5.70. The lowest BCUT2D eigenvalue weighted by Crippen LogP contribution is -1.99. The largest absolute Gasteiger partial charge is 0.325 e. The van der Waals surface area contributed by atoms with Gasteiger partial charge in [0.25, 0.3) is 0 Å². The maximum absolute atomic E-state index is 12.5. The van der Waals surface area contributed by atoms with E-state index in [1.165, 1.54) is 12.3 Å². The molecule has 0 aliphatic carbocycles. The number of aromatic nitrogens is 1. The first-order valence-corrected chi connectivity index (χ1v) is 3.12. The van der Waals surface area contributed by atoms with E-state index in [9.17, 15) is 4.39 Å². The molecule has 0 aliphatic heterocycles. The summed E-state index contributed by atoms with van der Waals surface area (Å²) in [6, 6.07) is 1.22. The van der Waals surface area contributed by atoms with E-state index in [4.69, 9.17) is 17.3 Å². The van der Waals surface area contributed by atoms with Crippen LogP contribution in [0.25, 0.3) is 0 Å². The zero-order valence-corrected chi connectivity index (χ0v) is 7.12. The average Bonchev–Trinajstić information content (AvgIpc) is 1.95. The molecule has 0 unspecified atom stereocenters. The molecule has 0 radical (unpaired) electrons. The standard InChI is InChI=1S/C6H6ClFN2.ClH/c7-5-3-10-4(2-9)1-6(5)8;/h1,3H,2,9H2;1H. The van der Waals surface area contributed by atoms with Crippen LogP contribution in [0.5, 0.6) is 0 Å². The number of rotatable bonds is 1. The van der Waals surface area contributed by atoms with Gasteiger partial charge in [0.05, 0.1) is 10.7 Å². The predicted octanol–water partition coefficient (Wildman–Crippen LogP) is 1.75. The number of hydrogen-bond donors (Lipinski definition) is 1. The van der Waals surface area contributed by atoms with Crippen molar-refractivity contribution in [3.63, 3.8) is 0 Å². The second kappa shape index (κ2) is 4.49. The number of pyridine rings is 1. The Kier molecular flexibility index (Phi) is 4.33. The Bertz CT molecular complexity index is 242. The molecule has 5 heteroatoms. The quantitative estimate of drug-likeness (QED) is 0.744. The number of halogens is 3. The third-order valence-corrected chi connectivity index (χ3v) is 1.35. The predicted molar refractivity (Wildman–Crippen MR) is 44.3 cm³/mol. The van der Waals surface area contributed by atoms with Crippen LogP contribution in [0.1, 0.15) is 5.69 Å². The molecule has 2 nitrogen and oxygen atoms in total. The van der Waals surface area contributed by atoms with E-state index in [-0.39, 0.29) is 24.0 Å². The molecule has 0 spiro atoms. The fraction of sp³-hybridized carbons (Fsp3) is 0.167. The van der Waals surface area contributed by atoms with Crippen LogP contribution in [0.3, 0.4) is 0 Å². The molecule has 0 bridgehead atoms. The van der Waals surface area contributed by atoms with Gasteiger partial charge in [0.15, 0.2) is 0 Å². The molecule has 0 aliphatic rings. The Morgan fingerprint density at radius 3 is 2.73 bits per heavy atom. The smallest absolute Gasteiger partial charge is 0.145 e. The van der Waals surface area contributed by atoms with E-state index in [1.54, 1.807) is 0 Å². The molecule has 0 atom stereocenters. The van der Waals surface area contributed by atoms with Crippen molar-refractivity contribution in [1.82, 2.24) is 4.98 Å². The summed E-state index contributed by atoms with van der Waals surface area (Å²) in [6.45, 7) is 0.230. The van der Waals surface area contributed by atoms with Crippen molar-refractivity contribution < 1.29 is 4.39 Å². The van der Waals surface area contributed by atoms with Crippen LogP contribution in [0.4, 0.5) is 4.39 Å². The fourth-order valence-electron chi connectivity index (χ4n) is 0.565. The zero-order chi connectivity index (χ0) is 7.56. The summed E-state index contributed by atoms with van der Waals surface area (Å²) in [4.78, 5) is 3.76. The topological polar surface area (TPSA) is 38.9 Å². The van der Waals surface area contributed by atoms with Crippen molar-refractivity contribution in [3.8, 4) is 0 Å². The van der Waals surface area contributed by atoms with Gasteiger partial charge < -0.3 is 5.73 Å². The highest BCUT2D eigenvalue weighted by molar-refractivity contribution is 6.30. The second-order valence-electron chi connectivity index (χ2n) is 1.79. The molecule has 1 rings (SSSR count). The van der Waals surface area contributed by atoms with Crippen molar-refractivity contribution in [2.75, 3.05) is 0 Å². The van der Waals surface area contributed by atoms with E-state index in [0.29, 0.717) is 5.69 Å². The lowest BCUT2D eigenvalue weighted by molar-refractivity contribution is 0.622. The van der Waals surface area contributed by atoms with Crippen molar-refractivity contribution in [1.29, 1.82) is 0 Å². The number of nitrogens with two attached hydrogens (primary N) is 1. The van der Waals surface area contributed by atoms with Gasteiger partial charge in [-0.05, 0) is 6.07 Å². The SMILES string of the molecule is Cl.NCc1cc(F)c(Cl)cn1. The number of hydrogen-bond acceptors (Lipinski definition) is 2. The highest BCUT2D eigenvalue weighted by atomic mass is 35.5. The lowest BCUT2D eigenvalue weighted by Gasteiger charge is -1.95. The summed E-state index contributed by atoms with van der Waals surface area (Å²) in [6.07, 6.45) is 1.25. The van der Waals surface area contributed by atoms with Crippen molar-refractivity contribution in [2.24, 2.45) is 5.73 Å². The van der Waals surface area contributed by atoms with Crippen LogP contribution < -0.4 is 5.73 Å². The highest BCUT2D eigenvalue weighted by Gasteiger charge is 1.99. The maximum atomic E-state index is 12.5. The van der Waals surface area contributed by atoms with Crippen LogP contribution in [-0.2, 0) is 6.54 Å². The van der Waals surface area contributed by atoms with Gasteiger partial charge in [-0.1, -0.05) is 11.6 Å². The Labute approximate surface area is 75.0 Å². The minimum atomic E-state index is -0.475. The van der Waals surface area contributed by atoms with E-state index in [2.05, 4.69) is 4.98 Å². The van der Waals surface area contributed by atoms with E-state index in [1.807, 2.05) is 0 Å². The van der Waals surface area contributed by atoms with Gasteiger partial charge in [0.2, 0.25) is 0 Å². The van der Waals surface area contributed by atoms with Crippen molar-refractivity contribution in [3.05, 3.63) is 28.8 Å². The third-order valence-electron chi connectivity index (χ3n) is 1.07. The minimum absolute atomic E-state index is 0. The molecule has 2 N–H and O–H groups in total. The third kappa shape index (κ3) is 2.61. The highest BCUT2D eigenvalue weighted by Crippen LogP contribution is 2.12. The summed E-state index contributed by atoms with van der Waals surface area (Å²) in [5, 5.41) is 0.0252. The molecule has 0 amide bonds. The second-order valence-corrected chi connectivity index (χ2v) is 2.20. The summed E-state index contributed by atoms with van der Waals surface area (Å²) in [5.74, 6) is -0.475. The molecule has 62 valence electrons. The summed E-state index contributed by atoms with van der Waals surface area (Å²) >= 11 is 5.36. The first-order chi connectivity index (χ1) is 4.74. The van der Waals surface area contributed by atoms with Crippen LogP contribution in [0, 0.1) is 5.82 Å². The van der Waals surface area contributed by atoms with Gasteiger partial charge in [-0.2, -0.15) is 0 Å². The van der Waals surface area contributed by atoms with Crippen LogP contribution in [-0.4, -0.2) is 4.98 Å². The molecule has 0 fully saturated rings. The van der Waals surface area contributed by atoms with Crippen LogP contribution in [0.2, 0.25) is 5.02 Å². The monoisotopic (exact) mass is 196 g/mol. The zero-order valence-electron chi connectivity index (χ0n) is 5.55. The van der Waals surface area contributed by atoms with E-state index in [0.717, 1.165) is 0 Å². The van der Waals surface area contributed by atoms with Gasteiger partial charge in [0.1, 0.15) is 5.82 Å². The first-order valence-electron chi connectivity index (χ1n) is 2.74. The molecular weight excluding hydrogens is 190 g/mol. The summed E-state index contributed by atoms with van der Waals surface area (Å²) < 4.78 is 12.5. The van der Waals surface area contributed by atoms with Gasteiger partial charge in [0, 0.05) is 12.7 Å². The molecule has 0 saturated carbocycles. The lowest BCUT2D eigenvalue weighted by atomic mass is 10.3. The molecular formula is C6H7Cl2FN2. The molecule has 0 saturated heterocycles. The minimum Gasteiger partial charge on any atom is -0.325 e. The maximum Gasteiger partial charge on any atom is 0.145 e. The van der Waals surface area contributed by atoms with Crippen molar-refractivity contribution >= 4 is 24.0 Å². The molecule has 1 heterocycles. The molecule has 1 aromatic heterocycles. The summed E-state index contributed by atoms with van der Waals surface area (Å²) in [7, 11) is 0. The Balaban J connectivity index is 0.000001000. The first kappa shape index (κ1) is 10.6. The Morgan fingerprint density at radius 2 is 2.27 bits per heavy atom. The molecule has 11 heavy (non-hydrogen) atoms. The molecule has 1 aromatic rings. The van der Waals surface area contributed by atoms with Crippen LogP contribution >= 0.6 is 24.0 Å². The van der Waals surface area contributed by atoms with E-state index >= 15 is 0 Å². The van der Waals surface area contributed by atoms with Gasteiger partial charge in [-0.3, -0.25) is 4.98 Å². The van der Waals surface area contributed by atoms with Crippen LogP contribution in [0.15, 0.2) is 12.3 Å². The van der Waals surface area contributed by atoms with Gasteiger partial charge >= 0.3 is 0 Å². The fourth-order valence-corrected chi connectivity index (χ4v) is 0.669. The van der Waals surface area contributed by atoms with Crippen molar-refractivity contribution in [2.45, 2.75) is 6.54 Å². The normalized spacial score (nSPS) is 9.00. The van der Waals surface area contributed by atoms with Gasteiger partial charge in [-0.15, -0.1) is 12.4 Å².